The van der Waals surface area contributed by atoms with Crippen LogP contribution >= 0.6 is 0 Å². The molecule has 0 aromatic carbocycles. The van der Waals surface area contributed by atoms with E-state index in [1.165, 1.54) is 0 Å². The minimum absolute atomic E-state index is 0.0181. The summed E-state index contributed by atoms with van der Waals surface area (Å²) >= 11 is 0. The summed E-state index contributed by atoms with van der Waals surface area (Å²) in [6, 6.07) is 0. The zero-order chi connectivity index (χ0) is 14.6. The molecular formula is C11H18N6O2S. The van der Waals surface area contributed by atoms with Crippen molar-refractivity contribution in [3.63, 3.8) is 0 Å². The molecule has 0 aliphatic heterocycles. The monoisotopic (exact) mass is 298 g/mol. The first-order valence-corrected chi connectivity index (χ1v) is 7.74. The maximum Gasteiger partial charge on any atom is 0.260 e. The molecule has 5 N–H and O–H groups in total. The average molecular weight is 298 g/mol. The maximum atomic E-state index is 12.1. The van der Waals surface area contributed by atoms with Gasteiger partial charge in [0.25, 0.3) is 10.0 Å². The average Bonchev–Trinajstić information content (AvgIpc) is 3.04. The van der Waals surface area contributed by atoms with Crippen LogP contribution in [0, 0.1) is 6.92 Å². The Hall–Kier alpha value is -1.71. The molecule has 0 amide bonds. The Morgan fingerprint density at radius 1 is 1.45 bits per heavy atom. The van der Waals surface area contributed by atoms with Crippen LogP contribution in [0.15, 0.2) is 17.4 Å². The van der Waals surface area contributed by atoms with Crippen molar-refractivity contribution in [2.45, 2.75) is 31.3 Å². The number of imidazole rings is 1. The number of H-pyrrole nitrogens is 2. The van der Waals surface area contributed by atoms with E-state index in [4.69, 9.17) is 5.73 Å². The van der Waals surface area contributed by atoms with Crippen LogP contribution in [0.25, 0.3) is 0 Å². The highest BCUT2D eigenvalue weighted by Crippen LogP contribution is 2.15. The van der Waals surface area contributed by atoms with E-state index in [9.17, 15) is 8.42 Å². The van der Waals surface area contributed by atoms with Crippen LogP contribution in [-0.4, -0.2) is 35.1 Å². The third kappa shape index (κ3) is 3.24. The van der Waals surface area contributed by atoms with E-state index >= 15 is 0 Å². The van der Waals surface area contributed by atoms with Crippen molar-refractivity contribution >= 4 is 10.0 Å². The Morgan fingerprint density at radius 3 is 2.90 bits per heavy atom. The number of aromatic amines is 2. The number of nitrogens with zero attached hydrogens (tertiary/aromatic N) is 2. The van der Waals surface area contributed by atoms with Gasteiger partial charge in [0.15, 0.2) is 5.03 Å². The lowest BCUT2D eigenvalue weighted by Crippen LogP contribution is -2.26. The first kappa shape index (κ1) is 14.7. The van der Waals surface area contributed by atoms with Crippen LogP contribution in [0.2, 0.25) is 0 Å². The van der Waals surface area contributed by atoms with Gasteiger partial charge >= 0.3 is 0 Å². The lowest BCUT2D eigenvalue weighted by Gasteiger charge is -2.05. The highest BCUT2D eigenvalue weighted by atomic mass is 32.2. The quantitative estimate of drug-likeness (QED) is 0.526. The summed E-state index contributed by atoms with van der Waals surface area (Å²) in [5.41, 5.74) is 6.73. The van der Waals surface area contributed by atoms with Crippen LogP contribution in [0.1, 0.15) is 23.5 Å². The first-order valence-electron chi connectivity index (χ1n) is 6.26. The Morgan fingerprint density at radius 2 is 2.25 bits per heavy atom. The number of hydrogen-bond acceptors (Lipinski definition) is 5. The molecule has 0 aliphatic rings. The maximum absolute atomic E-state index is 12.1. The number of nitrogens with two attached hydrogens (primary N) is 1. The van der Waals surface area contributed by atoms with Gasteiger partial charge in [-0.05, 0) is 13.3 Å². The van der Waals surface area contributed by atoms with E-state index in [2.05, 4.69) is 24.9 Å². The van der Waals surface area contributed by atoms with Gasteiger partial charge in [0, 0.05) is 43.2 Å². The SMILES string of the molecule is Cc1[nH]nc(S(=O)(=O)NCCCc2ncc[nH]2)c1CN. The fourth-order valence-electron chi connectivity index (χ4n) is 1.86. The van der Waals surface area contributed by atoms with Crippen LogP contribution in [0.3, 0.4) is 0 Å². The fraction of sp³-hybridized carbons (Fsp3) is 0.455. The van der Waals surface area contributed by atoms with Gasteiger partial charge in [0.05, 0.1) is 0 Å². The third-order valence-electron chi connectivity index (χ3n) is 2.93. The molecule has 0 atom stereocenters. The molecule has 2 aromatic rings. The molecule has 8 nitrogen and oxygen atoms in total. The lowest BCUT2D eigenvalue weighted by atomic mass is 10.3. The second kappa shape index (κ2) is 6.16. The topological polar surface area (TPSA) is 130 Å². The standard InChI is InChI=1S/C11H18N6O2S/c1-8-9(7-12)11(17-16-8)20(18,19)15-4-2-3-10-13-5-6-14-10/h5-6,15H,2-4,7,12H2,1H3,(H,13,14)(H,16,17). The predicted molar refractivity (Wildman–Crippen MR) is 73.3 cm³/mol. The van der Waals surface area contributed by atoms with Crippen molar-refractivity contribution in [1.82, 2.24) is 24.9 Å². The molecule has 0 unspecified atom stereocenters. The highest BCUT2D eigenvalue weighted by Gasteiger charge is 2.22. The number of rotatable bonds is 7. The third-order valence-corrected chi connectivity index (χ3v) is 4.36. The largest absolute Gasteiger partial charge is 0.349 e. The van der Waals surface area contributed by atoms with E-state index in [1.807, 2.05) is 0 Å². The van der Waals surface area contributed by atoms with E-state index in [0.29, 0.717) is 30.6 Å². The second-order valence-electron chi connectivity index (χ2n) is 4.37. The van der Waals surface area contributed by atoms with Crippen molar-refractivity contribution in [3.05, 3.63) is 29.5 Å². The molecule has 9 heteroatoms. The van der Waals surface area contributed by atoms with E-state index in [0.717, 1.165) is 5.82 Å². The van der Waals surface area contributed by atoms with Gasteiger partial charge in [-0.1, -0.05) is 0 Å². The number of nitrogens with one attached hydrogen (secondary N) is 3. The summed E-state index contributed by atoms with van der Waals surface area (Å²) in [7, 11) is -3.63. The molecule has 0 aliphatic carbocycles. The predicted octanol–water partition coefficient (Wildman–Crippen LogP) is -0.189. The van der Waals surface area contributed by atoms with Crippen LogP contribution in [0.5, 0.6) is 0 Å². The normalized spacial score (nSPS) is 11.9. The molecule has 2 heterocycles. The summed E-state index contributed by atoms with van der Waals surface area (Å²) in [5.74, 6) is 0.836. The fourth-order valence-corrected chi connectivity index (χ4v) is 3.13. The molecule has 0 bridgehead atoms. The van der Waals surface area contributed by atoms with Crippen LogP contribution < -0.4 is 10.5 Å². The zero-order valence-corrected chi connectivity index (χ0v) is 12.0. The van der Waals surface area contributed by atoms with Gasteiger partial charge in [-0.15, -0.1) is 0 Å². The number of sulfonamides is 1. The van der Waals surface area contributed by atoms with E-state index < -0.39 is 10.0 Å². The van der Waals surface area contributed by atoms with Crippen molar-refractivity contribution in [2.24, 2.45) is 5.73 Å². The molecule has 20 heavy (non-hydrogen) atoms. The van der Waals surface area contributed by atoms with Crippen molar-refractivity contribution in [1.29, 1.82) is 0 Å². The first-order chi connectivity index (χ1) is 9.54. The molecular weight excluding hydrogens is 280 g/mol. The number of aromatic nitrogens is 4. The summed E-state index contributed by atoms with van der Waals surface area (Å²) in [4.78, 5) is 7.04. The summed E-state index contributed by atoms with van der Waals surface area (Å²) in [6.07, 6.45) is 4.73. The summed E-state index contributed by atoms with van der Waals surface area (Å²) < 4.78 is 26.7. The van der Waals surface area contributed by atoms with Crippen LogP contribution in [-0.2, 0) is 23.0 Å². The van der Waals surface area contributed by atoms with E-state index in [1.54, 1.807) is 19.3 Å². The van der Waals surface area contributed by atoms with Gasteiger partial charge < -0.3 is 10.7 Å². The van der Waals surface area contributed by atoms with Crippen molar-refractivity contribution in [2.75, 3.05) is 6.54 Å². The highest BCUT2D eigenvalue weighted by molar-refractivity contribution is 7.89. The minimum Gasteiger partial charge on any atom is -0.349 e. The smallest absolute Gasteiger partial charge is 0.260 e. The number of hydrogen-bond donors (Lipinski definition) is 4. The Bertz CT molecular complexity index is 647. The summed E-state index contributed by atoms with van der Waals surface area (Å²) in [5, 5.41) is 6.44. The van der Waals surface area contributed by atoms with Gasteiger partial charge in [-0.3, -0.25) is 5.10 Å². The molecule has 110 valence electrons. The van der Waals surface area contributed by atoms with Gasteiger partial charge in [0.1, 0.15) is 5.82 Å². The number of aryl methyl sites for hydroxylation is 2. The molecule has 0 saturated heterocycles. The van der Waals surface area contributed by atoms with Gasteiger partial charge in [0.2, 0.25) is 0 Å². The van der Waals surface area contributed by atoms with Crippen molar-refractivity contribution < 1.29 is 8.42 Å². The molecule has 0 saturated carbocycles. The van der Waals surface area contributed by atoms with Crippen molar-refractivity contribution in [3.8, 4) is 0 Å². The second-order valence-corrected chi connectivity index (χ2v) is 6.06. The molecule has 2 aromatic heterocycles. The van der Waals surface area contributed by atoms with E-state index in [-0.39, 0.29) is 11.6 Å². The molecule has 0 spiro atoms. The lowest BCUT2D eigenvalue weighted by molar-refractivity contribution is 0.572. The minimum atomic E-state index is -3.63. The van der Waals surface area contributed by atoms with Crippen LogP contribution in [0.4, 0.5) is 0 Å². The van der Waals surface area contributed by atoms with Gasteiger partial charge in [-0.2, -0.15) is 5.10 Å². The Balaban J connectivity index is 1.93. The summed E-state index contributed by atoms with van der Waals surface area (Å²) in [6.45, 7) is 2.19. The van der Waals surface area contributed by atoms with Gasteiger partial charge in [-0.25, -0.2) is 18.1 Å². The molecule has 2 rings (SSSR count). The molecule has 0 fully saturated rings. The zero-order valence-electron chi connectivity index (χ0n) is 11.2. The molecule has 0 radical (unpaired) electrons. The Kier molecular flexibility index (Phi) is 4.53. The Labute approximate surface area is 117 Å².